The molecule has 0 unspecified atom stereocenters. The van der Waals surface area contributed by atoms with Gasteiger partial charge >= 0.3 is 0 Å². The van der Waals surface area contributed by atoms with Crippen LogP contribution in [0.25, 0.3) is 11.0 Å². The molecule has 0 spiro atoms. The van der Waals surface area contributed by atoms with Gasteiger partial charge in [-0.2, -0.15) is 0 Å². The maximum absolute atomic E-state index is 5.32. The van der Waals surface area contributed by atoms with Crippen molar-refractivity contribution >= 4 is 11.0 Å². The van der Waals surface area contributed by atoms with Gasteiger partial charge in [-0.1, -0.05) is 24.3 Å². The minimum Gasteiger partial charge on any atom is -0.497 e. The Kier molecular flexibility index (Phi) is 5.29. The van der Waals surface area contributed by atoms with Gasteiger partial charge in [0.1, 0.15) is 5.75 Å². The zero-order chi connectivity index (χ0) is 19.7. The van der Waals surface area contributed by atoms with Crippen molar-refractivity contribution in [3.63, 3.8) is 0 Å². The number of aryl methyl sites for hydroxylation is 1. The molecule has 2 heterocycles. The van der Waals surface area contributed by atoms with E-state index in [1.807, 2.05) is 24.3 Å². The average Bonchev–Trinajstić information content (AvgIpc) is 3.13. The molecule has 5 heteroatoms. The lowest BCUT2D eigenvalue weighted by atomic mass is 9.93. The average molecular weight is 377 g/mol. The van der Waals surface area contributed by atoms with Crippen LogP contribution in [0.4, 0.5) is 0 Å². The number of aromatic nitrogens is 2. The van der Waals surface area contributed by atoms with Gasteiger partial charge in [-0.3, -0.25) is 4.90 Å². The Morgan fingerprint density at radius 3 is 2.32 bits per heavy atom. The van der Waals surface area contributed by atoms with Gasteiger partial charge < -0.3 is 9.64 Å². The minimum atomic E-state index is 0.467. The summed E-state index contributed by atoms with van der Waals surface area (Å²) in [6.45, 7) is 4.94. The van der Waals surface area contributed by atoms with Crippen LogP contribution >= 0.6 is 0 Å². The van der Waals surface area contributed by atoms with Crippen molar-refractivity contribution in [1.82, 2.24) is 19.8 Å². The van der Waals surface area contributed by atoms with Crippen LogP contribution in [0, 0.1) is 6.92 Å². The number of para-hydroxylation sites is 2. The number of hydrogen-bond donors (Lipinski definition) is 0. The van der Waals surface area contributed by atoms with E-state index in [0.29, 0.717) is 12.0 Å². The summed E-state index contributed by atoms with van der Waals surface area (Å²) in [4.78, 5) is 14.5. The highest BCUT2D eigenvalue weighted by Gasteiger charge is 2.35. The Morgan fingerprint density at radius 2 is 1.68 bits per heavy atom. The van der Waals surface area contributed by atoms with E-state index in [1.54, 1.807) is 7.11 Å². The number of methoxy groups -OCH3 is 1. The molecule has 0 amide bonds. The predicted octanol–water partition coefficient (Wildman–Crippen LogP) is 3.48. The van der Waals surface area contributed by atoms with Crippen molar-refractivity contribution in [2.45, 2.75) is 25.4 Å². The molecule has 0 radical (unpaired) electrons. The first kappa shape index (κ1) is 18.8. The molecule has 146 valence electrons. The van der Waals surface area contributed by atoms with Crippen LogP contribution in [0.15, 0.2) is 48.5 Å². The number of rotatable bonds is 5. The second-order valence-electron chi connectivity index (χ2n) is 7.85. The van der Waals surface area contributed by atoms with Gasteiger partial charge in [0.15, 0.2) is 0 Å². The van der Waals surface area contributed by atoms with Crippen molar-refractivity contribution in [3.8, 4) is 5.75 Å². The van der Waals surface area contributed by atoms with Gasteiger partial charge in [-0.05, 0) is 50.8 Å². The molecule has 28 heavy (non-hydrogen) atoms. The summed E-state index contributed by atoms with van der Waals surface area (Å²) in [5.74, 6) is 1.37. The molecule has 3 aromatic rings. The van der Waals surface area contributed by atoms with E-state index in [0.717, 1.165) is 47.8 Å². The molecule has 0 bridgehead atoms. The smallest absolute Gasteiger partial charge is 0.118 e. The third kappa shape index (κ3) is 3.73. The number of likely N-dealkylation sites (N-methyl/N-ethyl adjacent to an activating group) is 1. The standard InChI is InChI=1S/C23H28N4O/c1-16-22(25-21-8-6-5-7-20(21)24-16)14-27-13-19(23(15-27)26(2)3)17-9-11-18(28-4)12-10-17/h5-12,19,23H,13-15H2,1-4H3/t19-,23+/m0/s1. The van der Waals surface area contributed by atoms with Crippen LogP contribution in [-0.4, -0.2) is 60.1 Å². The van der Waals surface area contributed by atoms with Gasteiger partial charge in [0.25, 0.3) is 0 Å². The fourth-order valence-electron chi connectivity index (χ4n) is 4.18. The molecule has 0 aliphatic carbocycles. The summed E-state index contributed by atoms with van der Waals surface area (Å²) >= 11 is 0. The van der Waals surface area contributed by atoms with Gasteiger partial charge in [0.05, 0.1) is 29.5 Å². The second-order valence-corrected chi connectivity index (χ2v) is 7.85. The van der Waals surface area contributed by atoms with Crippen LogP contribution in [0.5, 0.6) is 5.75 Å². The summed E-state index contributed by atoms with van der Waals surface area (Å²) in [6, 6.07) is 17.1. The largest absolute Gasteiger partial charge is 0.497 e. The van der Waals surface area contributed by atoms with Gasteiger partial charge in [0, 0.05) is 31.6 Å². The highest BCUT2D eigenvalue weighted by atomic mass is 16.5. The lowest BCUT2D eigenvalue weighted by molar-refractivity contribution is 0.258. The van der Waals surface area contributed by atoms with Gasteiger partial charge in [0.2, 0.25) is 0 Å². The van der Waals surface area contributed by atoms with Gasteiger partial charge in [-0.25, -0.2) is 9.97 Å². The van der Waals surface area contributed by atoms with Crippen molar-refractivity contribution in [1.29, 1.82) is 0 Å². The Balaban J connectivity index is 1.56. The van der Waals surface area contributed by atoms with Crippen molar-refractivity contribution in [2.75, 3.05) is 34.3 Å². The van der Waals surface area contributed by atoms with Crippen LogP contribution < -0.4 is 4.74 Å². The fourth-order valence-corrected chi connectivity index (χ4v) is 4.18. The molecular formula is C23H28N4O. The number of hydrogen-bond acceptors (Lipinski definition) is 5. The van der Waals surface area contributed by atoms with Gasteiger partial charge in [-0.15, -0.1) is 0 Å². The molecular weight excluding hydrogens is 348 g/mol. The first-order valence-corrected chi connectivity index (χ1v) is 9.80. The van der Waals surface area contributed by atoms with E-state index in [2.05, 4.69) is 55.1 Å². The fraction of sp³-hybridized carbons (Fsp3) is 0.391. The number of likely N-dealkylation sites (tertiary alicyclic amines) is 1. The summed E-state index contributed by atoms with van der Waals surface area (Å²) in [5, 5.41) is 0. The molecule has 1 aliphatic rings. The number of ether oxygens (including phenoxy) is 1. The topological polar surface area (TPSA) is 41.5 Å². The molecule has 1 fully saturated rings. The predicted molar refractivity (Wildman–Crippen MR) is 113 cm³/mol. The molecule has 1 aromatic heterocycles. The summed E-state index contributed by atoms with van der Waals surface area (Å²) in [7, 11) is 6.05. The first-order chi connectivity index (χ1) is 13.5. The molecule has 2 atom stereocenters. The highest BCUT2D eigenvalue weighted by Crippen LogP contribution is 2.32. The Labute approximate surface area is 167 Å². The van der Waals surface area contributed by atoms with E-state index in [-0.39, 0.29) is 0 Å². The number of benzene rings is 2. The first-order valence-electron chi connectivity index (χ1n) is 9.80. The van der Waals surface area contributed by atoms with E-state index in [9.17, 15) is 0 Å². The zero-order valence-corrected chi connectivity index (χ0v) is 17.1. The van der Waals surface area contributed by atoms with Crippen molar-refractivity contribution in [3.05, 3.63) is 65.5 Å². The molecule has 0 N–H and O–H groups in total. The van der Waals surface area contributed by atoms with Crippen LogP contribution in [-0.2, 0) is 6.54 Å². The van der Waals surface area contributed by atoms with E-state index in [1.165, 1.54) is 5.56 Å². The molecule has 1 saturated heterocycles. The minimum absolute atomic E-state index is 0.467. The second kappa shape index (κ2) is 7.86. The normalized spacial score (nSPS) is 20.2. The molecule has 1 aliphatic heterocycles. The third-order valence-corrected chi connectivity index (χ3v) is 5.79. The lowest BCUT2D eigenvalue weighted by Gasteiger charge is -2.25. The van der Waals surface area contributed by atoms with E-state index >= 15 is 0 Å². The third-order valence-electron chi connectivity index (χ3n) is 5.79. The zero-order valence-electron chi connectivity index (χ0n) is 17.1. The monoisotopic (exact) mass is 376 g/mol. The van der Waals surface area contributed by atoms with Crippen LogP contribution in [0.2, 0.25) is 0 Å². The Morgan fingerprint density at radius 1 is 1.00 bits per heavy atom. The number of nitrogens with zero attached hydrogens (tertiary/aromatic N) is 4. The molecule has 0 saturated carbocycles. The molecule has 2 aromatic carbocycles. The SMILES string of the molecule is COc1ccc([C@@H]2CN(Cc3nc4ccccc4nc3C)C[C@H]2N(C)C)cc1. The maximum Gasteiger partial charge on any atom is 0.118 e. The highest BCUT2D eigenvalue weighted by molar-refractivity contribution is 5.74. The maximum atomic E-state index is 5.32. The molecule has 5 nitrogen and oxygen atoms in total. The molecule has 4 rings (SSSR count). The van der Waals surface area contributed by atoms with E-state index in [4.69, 9.17) is 14.7 Å². The summed E-state index contributed by atoms with van der Waals surface area (Å²) in [6.07, 6.45) is 0. The van der Waals surface area contributed by atoms with E-state index < -0.39 is 0 Å². The van der Waals surface area contributed by atoms with Crippen molar-refractivity contribution in [2.24, 2.45) is 0 Å². The van der Waals surface area contributed by atoms with Crippen molar-refractivity contribution < 1.29 is 4.74 Å². The van der Waals surface area contributed by atoms with Crippen LogP contribution in [0.1, 0.15) is 22.9 Å². The Hall–Kier alpha value is -2.50. The van der Waals surface area contributed by atoms with Crippen LogP contribution in [0.3, 0.4) is 0 Å². The quantitative estimate of drug-likeness (QED) is 0.682. The summed E-state index contributed by atoms with van der Waals surface area (Å²) in [5.41, 5.74) is 5.40. The lowest BCUT2D eigenvalue weighted by Crippen LogP contribution is -2.34. The summed E-state index contributed by atoms with van der Waals surface area (Å²) < 4.78 is 5.32. The Bertz CT molecular complexity index is 954. The number of fused-ring (bicyclic) bond motifs is 1.